The first-order valence-corrected chi connectivity index (χ1v) is 11.1. The molecule has 0 saturated carbocycles. The number of ether oxygens (including phenoxy) is 3. The number of carbonyl (C=O) groups excluding carboxylic acids is 3. The normalized spacial score (nSPS) is 13.1. The van der Waals surface area contributed by atoms with Crippen molar-refractivity contribution in [1.82, 2.24) is 0 Å². The first-order valence-electron chi connectivity index (χ1n) is 10.7. The van der Waals surface area contributed by atoms with Crippen molar-refractivity contribution < 1.29 is 28.6 Å². The van der Waals surface area contributed by atoms with E-state index >= 15 is 0 Å². The van der Waals surface area contributed by atoms with Crippen LogP contribution in [0, 0.1) is 0 Å². The Labute approximate surface area is 212 Å². The monoisotopic (exact) mass is 507 g/mol. The number of nitrogens with one attached hydrogen (secondary N) is 2. The molecular formula is C26H22ClN3O6. The van der Waals surface area contributed by atoms with Crippen molar-refractivity contribution in [2.75, 3.05) is 36.9 Å². The maximum absolute atomic E-state index is 13.2. The van der Waals surface area contributed by atoms with Crippen LogP contribution in [0.1, 0.15) is 10.4 Å². The number of nitrogens with zero attached hydrogens (tertiary/aromatic N) is 1. The molecule has 3 amide bonds. The Balaban J connectivity index is 1.54. The number of halogens is 1. The van der Waals surface area contributed by atoms with Crippen LogP contribution in [0.2, 0.25) is 0 Å². The molecule has 36 heavy (non-hydrogen) atoms. The minimum Gasteiger partial charge on any atom is -0.497 e. The highest BCUT2D eigenvalue weighted by Crippen LogP contribution is 2.37. The Hall–Kier alpha value is -4.50. The number of methoxy groups -OCH3 is 3. The largest absolute Gasteiger partial charge is 0.497 e. The highest BCUT2D eigenvalue weighted by atomic mass is 35.5. The fraction of sp³-hybridized carbons (Fsp3) is 0.115. The summed E-state index contributed by atoms with van der Waals surface area (Å²) in [5.41, 5.74) is 1.42. The molecule has 0 radical (unpaired) electrons. The molecule has 3 aromatic carbocycles. The van der Waals surface area contributed by atoms with Gasteiger partial charge in [-0.15, -0.1) is 0 Å². The average molecular weight is 508 g/mol. The molecule has 0 saturated heterocycles. The molecule has 1 aliphatic rings. The first kappa shape index (κ1) is 24.6. The lowest BCUT2D eigenvalue weighted by atomic mass is 10.1. The molecule has 9 nitrogen and oxygen atoms in total. The Bertz CT molecular complexity index is 1370. The number of benzene rings is 3. The summed E-state index contributed by atoms with van der Waals surface area (Å²) in [5, 5.41) is 5.38. The van der Waals surface area contributed by atoms with E-state index < -0.39 is 11.8 Å². The summed E-state index contributed by atoms with van der Waals surface area (Å²) in [4.78, 5) is 39.7. The quantitative estimate of drug-likeness (QED) is 0.435. The number of carbonyl (C=O) groups is 3. The summed E-state index contributed by atoms with van der Waals surface area (Å²) in [5.74, 6) is -0.304. The summed E-state index contributed by atoms with van der Waals surface area (Å²) in [6.45, 7) is 0. The molecule has 0 aromatic heterocycles. The molecule has 1 heterocycles. The molecular weight excluding hydrogens is 486 g/mol. The topological polar surface area (TPSA) is 106 Å². The Kier molecular flexibility index (Phi) is 7.12. The van der Waals surface area contributed by atoms with Crippen molar-refractivity contribution in [3.63, 3.8) is 0 Å². The van der Waals surface area contributed by atoms with E-state index in [0.717, 1.165) is 4.90 Å². The number of amides is 3. The van der Waals surface area contributed by atoms with Crippen LogP contribution in [-0.4, -0.2) is 39.1 Å². The molecule has 0 fully saturated rings. The predicted octanol–water partition coefficient (Wildman–Crippen LogP) is 4.40. The fourth-order valence-corrected chi connectivity index (χ4v) is 3.77. The molecule has 1 aliphatic heterocycles. The zero-order valence-corrected chi connectivity index (χ0v) is 20.4. The van der Waals surface area contributed by atoms with Crippen molar-refractivity contribution in [3.8, 4) is 17.2 Å². The molecule has 0 atom stereocenters. The van der Waals surface area contributed by atoms with E-state index in [2.05, 4.69) is 10.6 Å². The molecule has 0 bridgehead atoms. The van der Waals surface area contributed by atoms with Gasteiger partial charge in [-0.1, -0.05) is 17.7 Å². The Morgan fingerprint density at radius 2 is 1.50 bits per heavy atom. The number of anilines is 3. The van der Waals surface area contributed by atoms with Crippen molar-refractivity contribution in [1.29, 1.82) is 0 Å². The lowest BCUT2D eigenvalue weighted by molar-refractivity contribution is -0.120. The molecule has 3 aromatic rings. The highest BCUT2D eigenvalue weighted by molar-refractivity contribution is 6.53. The van der Waals surface area contributed by atoms with E-state index in [0.29, 0.717) is 28.4 Å². The molecule has 4 rings (SSSR count). The summed E-state index contributed by atoms with van der Waals surface area (Å²) < 4.78 is 15.6. The second-order valence-corrected chi connectivity index (χ2v) is 7.94. The maximum atomic E-state index is 13.2. The second kappa shape index (κ2) is 10.4. The van der Waals surface area contributed by atoms with Gasteiger partial charge in [0.05, 0.1) is 27.0 Å². The average Bonchev–Trinajstić information content (AvgIpc) is 3.11. The summed E-state index contributed by atoms with van der Waals surface area (Å²) in [6, 6.07) is 18.0. The molecule has 184 valence electrons. The number of hydrogen-bond donors (Lipinski definition) is 2. The van der Waals surface area contributed by atoms with E-state index in [-0.39, 0.29) is 28.1 Å². The van der Waals surface area contributed by atoms with E-state index in [1.54, 1.807) is 67.8 Å². The van der Waals surface area contributed by atoms with Crippen LogP contribution < -0.4 is 29.7 Å². The van der Waals surface area contributed by atoms with Gasteiger partial charge in [0.1, 0.15) is 28.0 Å². The second-order valence-electron chi connectivity index (χ2n) is 7.56. The third kappa shape index (κ3) is 4.82. The molecule has 2 N–H and O–H groups in total. The Morgan fingerprint density at radius 3 is 2.17 bits per heavy atom. The van der Waals surface area contributed by atoms with E-state index in [1.165, 1.54) is 20.3 Å². The lowest BCUT2D eigenvalue weighted by Crippen LogP contribution is -2.32. The zero-order chi connectivity index (χ0) is 25.8. The van der Waals surface area contributed by atoms with E-state index in [1.807, 2.05) is 0 Å². The maximum Gasteiger partial charge on any atom is 0.283 e. The van der Waals surface area contributed by atoms with Gasteiger partial charge in [-0.05, 0) is 54.6 Å². The van der Waals surface area contributed by atoms with Crippen molar-refractivity contribution >= 4 is 46.4 Å². The van der Waals surface area contributed by atoms with Crippen molar-refractivity contribution in [2.45, 2.75) is 0 Å². The SMILES string of the molecule is COc1ccc(NC(=O)c2cccc(NC3=C(Cl)C(=O)N(c4ccc(OC)cc4OC)C3=O)c2)cc1. The van der Waals surface area contributed by atoms with Gasteiger partial charge >= 0.3 is 0 Å². The smallest absolute Gasteiger partial charge is 0.283 e. The van der Waals surface area contributed by atoms with Crippen molar-refractivity contribution in [2.24, 2.45) is 0 Å². The van der Waals surface area contributed by atoms with Crippen molar-refractivity contribution in [3.05, 3.63) is 83.0 Å². The summed E-state index contributed by atoms with van der Waals surface area (Å²) in [6.07, 6.45) is 0. The summed E-state index contributed by atoms with van der Waals surface area (Å²) >= 11 is 6.26. The third-order valence-corrected chi connectivity index (χ3v) is 5.75. The van der Waals surface area contributed by atoms with Crippen LogP contribution in [0.5, 0.6) is 17.2 Å². The van der Waals surface area contributed by atoms with Crippen LogP contribution in [0.4, 0.5) is 17.1 Å². The number of rotatable bonds is 8. The molecule has 0 unspecified atom stereocenters. The van der Waals surface area contributed by atoms with E-state index in [4.69, 9.17) is 25.8 Å². The van der Waals surface area contributed by atoms with Crippen LogP contribution in [0.3, 0.4) is 0 Å². The van der Waals surface area contributed by atoms with Crippen LogP contribution in [0.25, 0.3) is 0 Å². The highest BCUT2D eigenvalue weighted by Gasteiger charge is 2.40. The van der Waals surface area contributed by atoms with Gasteiger partial charge in [-0.3, -0.25) is 14.4 Å². The zero-order valence-electron chi connectivity index (χ0n) is 19.6. The third-order valence-electron chi connectivity index (χ3n) is 5.40. The van der Waals surface area contributed by atoms with Gasteiger partial charge in [0.25, 0.3) is 17.7 Å². The number of hydrogen-bond acceptors (Lipinski definition) is 7. The van der Waals surface area contributed by atoms with Gasteiger partial charge in [0.2, 0.25) is 0 Å². The predicted molar refractivity (Wildman–Crippen MR) is 136 cm³/mol. The standard InChI is InChI=1S/C26H22ClN3O6/c1-34-18-9-7-16(8-10-18)29-24(31)15-5-4-6-17(13-15)28-23-22(27)25(32)30(26(23)33)20-12-11-19(35-2)14-21(20)36-3/h4-14,28H,1-3H3,(H,29,31). The molecule has 10 heteroatoms. The van der Waals surface area contributed by atoms with Crippen LogP contribution >= 0.6 is 11.6 Å². The minimum absolute atomic E-state index is 0.118. The molecule has 0 aliphatic carbocycles. The first-order chi connectivity index (χ1) is 17.4. The van der Waals surface area contributed by atoms with Gasteiger partial charge in [0.15, 0.2) is 0 Å². The Morgan fingerprint density at radius 1 is 0.806 bits per heavy atom. The number of imide groups is 1. The lowest BCUT2D eigenvalue weighted by Gasteiger charge is -2.18. The van der Waals surface area contributed by atoms with Gasteiger partial charge < -0.3 is 24.8 Å². The van der Waals surface area contributed by atoms with Gasteiger partial charge in [-0.25, -0.2) is 4.90 Å². The van der Waals surface area contributed by atoms with Gasteiger partial charge in [-0.2, -0.15) is 0 Å². The van der Waals surface area contributed by atoms with Crippen LogP contribution in [0.15, 0.2) is 77.5 Å². The minimum atomic E-state index is -0.707. The van der Waals surface area contributed by atoms with E-state index in [9.17, 15) is 14.4 Å². The van der Waals surface area contributed by atoms with Gasteiger partial charge in [0, 0.05) is 23.0 Å². The van der Waals surface area contributed by atoms with Crippen LogP contribution in [-0.2, 0) is 9.59 Å². The summed E-state index contributed by atoms with van der Waals surface area (Å²) in [7, 11) is 4.47. The fourth-order valence-electron chi connectivity index (χ4n) is 3.56. The molecule has 0 spiro atoms.